The molecule has 0 aliphatic carbocycles. The first-order valence-electron chi connectivity index (χ1n) is 6.77. The molecule has 0 aliphatic rings. The molecule has 6 heteroatoms. The largest absolute Gasteiger partial charge is 0.493 e. The van der Waals surface area contributed by atoms with Crippen LogP contribution in [0.4, 0.5) is 0 Å². The molecule has 0 saturated carbocycles. The number of benzene rings is 1. The van der Waals surface area contributed by atoms with E-state index in [1.807, 2.05) is 32.0 Å². The van der Waals surface area contributed by atoms with E-state index in [0.717, 1.165) is 11.1 Å². The van der Waals surface area contributed by atoms with Gasteiger partial charge in [-0.3, -0.25) is 4.79 Å². The van der Waals surface area contributed by atoms with Gasteiger partial charge in [-0.15, -0.1) is 0 Å². The van der Waals surface area contributed by atoms with Crippen LogP contribution in [-0.2, 0) is 9.59 Å². The Morgan fingerprint density at radius 2 is 2.05 bits per heavy atom. The average Bonchev–Trinajstić information content (AvgIpc) is 2.40. The smallest absolute Gasteiger partial charge is 0.326 e. The minimum atomic E-state index is -1.16. The van der Waals surface area contributed by atoms with Crippen LogP contribution in [-0.4, -0.2) is 41.3 Å². The number of hydrogen-bond donors (Lipinski definition) is 3. The predicted octanol–water partition coefficient (Wildman–Crippen LogP) is 1.02. The maximum Gasteiger partial charge on any atom is 0.326 e. The zero-order valence-corrected chi connectivity index (χ0v) is 12.3. The van der Waals surface area contributed by atoms with Gasteiger partial charge in [-0.2, -0.15) is 0 Å². The Morgan fingerprint density at radius 1 is 1.33 bits per heavy atom. The van der Waals surface area contributed by atoms with Crippen molar-refractivity contribution in [3.8, 4) is 5.75 Å². The fraction of sp³-hybridized carbons (Fsp3) is 0.467. The molecule has 0 bridgehead atoms. The fourth-order valence-electron chi connectivity index (χ4n) is 1.87. The highest BCUT2D eigenvalue weighted by molar-refractivity contribution is 5.83. The predicted molar refractivity (Wildman–Crippen MR) is 77.3 cm³/mol. The Balaban J connectivity index is 2.41. The second-order valence-electron chi connectivity index (χ2n) is 4.84. The molecule has 0 aliphatic heterocycles. The lowest BCUT2D eigenvalue weighted by atomic mass is 10.1. The van der Waals surface area contributed by atoms with E-state index in [2.05, 4.69) is 5.32 Å². The first-order valence-corrected chi connectivity index (χ1v) is 6.77. The van der Waals surface area contributed by atoms with E-state index in [-0.39, 0.29) is 26.1 Å². The lowest BCUT2D eigenvalue weighted by Gasteiger charge is -2.14. The number of nitrogens with one attached hydrogen (secondary N) is 1. The van der Waals surface area contributed by atoms with Gasteiger partial charge in [0.1, 0.15) is 11.8 Å². The molecule has 0 fully saturated rings. The van der Waals surface area contributed by atoms with Gasteiger partial charge in [-0.25, -0.2) is 4.79 Å². The Labute approximate surface area is 123 Å². The highest BCUT2D eigenvalue weighted by atomic mass is 16.5. The molecule has 1 aromatic carbocycles. The standard InChI is InChI=1S/C15H21NO5/c1-10-3-4-13(11(2)9-10)21-8-6-14(18)16-12(5-7-17)15(19)20/h3-4,9,12,17H,5-8H2,1-2H3,(H,16,18)(H,19,20)/t12-/m1/s1. The number of carboxylic acids is 1. The molecule has 0 radical (unpaired) electrons. The molecule has 0 heterocycles. The second-order valence-corrected chi connectivity index (χ2v) is 4.84. The van der Waals surface area contributed by atoms with Crippen LogP contribution < -0.4 is 10.1 Å². The highest BCUT2D eigenvalue weighted by Gasteiger charge is 2.18. The fourth-order valence-corrected chi connectivity index (χ4v) is 1.87. The molecule has 6 nitrogen and oxygen atoms in total. The van der Waals surface area contributed by atoms with Gasteiger partial charge in [0.15, 0.2) is 0 Å². The number of hydrogen-bond acceptors (Lipinski definition) is 4. The summed E-state index contributed by atoms with van der Waals surface area (Å²) >= 11 is 0. The van der Waals surface area contributed by atoms with Gasteiger partial charge in [0, 0.05) is 13.0 Å². The van der Waals surface area contributed by atoms with E-state index in [1.165, 1.54) is 0 Å². The number of aliphatic hydroxyl groups excluding tert-OH is 1. The quantitative estimate of drug-likeness (QED) is 0.665. The zero-order chi connectivity index (χ0) is 15.8. The summed E-state index contributed by atoms with van der Waals surface area (Å²) in [6.07, 6.45) is 0.0432. The van der Waals surface area contributed by atoms with Gasteiger partial charge in [0.2, 0.25) is 5.91 Å². The minimum Gasteiger partial charge on any atom is -0.493 e. The number of aryl methyl sites for hydroxylation is 2. The van der Waals surface area contributed by atoms with Gasteiger partial charge in [0.25, 0.3) is 0 Å². The summed E-state index contributed by atoms with van der Waals surface area (Å²) in [5, 5.41) is 19.9. The zero-order valence-electron chi connectivity index (χ0n) is 12.3. The average molecular weight is 295 g/mol. The number of ether oxygens (including phenoxy) is 1. The molecule has 0 saturated heterocycles. The summed E-state index contributed by atoms with van der Waals surface area (Å²) in [4.78, 5) is 22.5. The third-order valence-corrected chi connectivity index (χ3v) is 2.97. The van der Waals surface area contributed by atoms with Crippen molar-refractivity contribution in [1.82, 2.24) is 5.32 Å². The molecule has 1 amide bonds. The van der Waals surface area contributed by atoms with Crippen LogP contribution in [0.2, 0.25) is 0 Å². The van der Waals surface area contributed by atoms with E-state index in [1.54, 1.807) is 0 Å². The van der Waals surface area contributed by atoms with E-state index in [9.17, 15) is 9.59 Å². The number of carbonyl (C=O) groups is 2. The normalized spacial score (nSPS) is 11.8. The lowest BCUT2D eigenvalue weighted by Crippen LogP contribution is -2.41. The number of amides is 1. The van der Waals surface area contributed by atoms with Gasteiger partial charge >= 0.3 is 5.97 Å². The van der Waals surface area contributed by atoms with Crippen LogP contribution in [0.15, 0.2) is 18.2 Å². The number of rotatable bonds is 8. The SMILES string of the molecule is Cc1ccc(OCCC(=O)N[C@H](CCO)C(=O)O)c(C)c1. The Kier molecular flexibility index (Phi) is 6.68. The first-order chi connectivity index (χ1) is 9.93. The molecule has 116 valence electrons. The maximum absolute atomic E-state index is 11.6. The van der Waals surface area contributed by atoms with E-state index >= 15 is 0 Å². The summed E-state index contributed by atoms with van der Waals surface area (Å²) in [6.45, 7) is 3.78. The van der Waals surface area contributed by atoms with Crippen molar-refractivity contribution in [2.24, 2.45) is 0 Å². The molecule has 3 N–H and O–H groups in total. The summed E-state index contributed by atoms with van der Waals surface area (Å²) in [5.74, 6) is -0.869. The molecular formula is C15H21NO5. The summed E-state index contributed by atoms with van der Waals surface area (Å²) in [6, 6.07) is 4.68. The van der Waals surface area contributed by atoms with Crippen LogP contribution >= 0.6 is 0 Å². The van der Waals surface area contributed by atoms with Crippen molar-refractivity contribution in [3.05, 3.63) is 29.3 Å². The van der Waals surface area contributed by atoms with Crippen molar-refractivity contribution >= 4 is 11.9 Å². The van der Waals surface area contributed by atoms with Crippen LogP contribution in [0.3, 0.4) is 0 Å². The van der Waals surface area contributed by atoms with Crippen LogP contribution in [0.25, 0.3) is 0 Å². The molecule has 1 atom stereocenters. The Bertz CT molecular complexity index is 501. The molecule has 0 unspecified atom stereocenters. The third-order valence-electron chi connectivity index (χ3n) is 2.97. The van der Waals surface area contributed by atoms with Crippen molar-refractivity contribution in [1.29, 1.82) is 0 Å². The van der Waals surface area contributed by atoms with Crippen molar-refractivity contribution < 1.29 is 24.5 Å². The Morgan fingerprint density at radius 3 is 2.62 bits per heavy atom. The Hall–Kier alpha value is -2.08. The van der Waals surface area contributed by atoms with Crippen molar-refractivity contribution in [2.75, 3.05) is 13.2 Å². The van der Waals surface area contributed by atoms with Crippen LogP contribution in [0.1, 0.15) is 24.0 Å². The first kappa shape index (κ1) is 17.0. The van der Waals surface area contributed by atoms with E-state index in [0.29, 0.717) is 5.75 Å². The molecular weight excluding hydrogens is 274 g/mol. The maximum atomic E-state index is 11.6. The van der Waals surface area contributed by atoms with Crippen LogP contribution in [0.5, 0.6) is 5.75 Å². The number of carbonyl (C=O) groups excluding carboxylic acids is 1. The molecule has 0 aromatic heterocycles. The van der Waals surface area contributed by atoms with Crippen molar-refractivity contribution in [3.63, 3.8) is 0 Å². The van der Waals surface area contributed by atoms with Gasteiger partial charge < -0.3 is 20.3 Å². The van der Waals surface area contributed by atoms with Gasteiger partial charge in [0.05, 0.1) is 13.0 Å². The molecule has 1 aromatic rings. The third kappa shape index (κ3) is 5.83. The van der Waals surface area contributed by atoms with Crippen LogP contribution in [0, 0.1) is 13.8 Å². The summed E-state index contributed by atoms with van der Waals surface area (Å²) in [5.41, 5.74) is 2.12. The molecule has 0 spiro atoms. The van der Waals surface area contributed by atoms with Gasteiger partial charge in [-0.05, 0) is 25.5 Å². The lowest BCUT2D eigenvalue weighted by molar-refractivity contribution is -0.142. The summed E-state index contributed by atoms with van der Waals surface area (Å²) in [7, 11) is 0. The minimum absolute atomic E-state index is 0.0149. The summed E-state index contributed by atoms with van der Waals surface area (Å²) < 4.78 is 5.51. The molecule has 21 heavy (non-hydrogen) atoms. The number of aliphatic carboxylic acids is 1. The highest BCUT2D eigenvalue weighted by Crippen LogP contribution is 2.18. The van der Waals surface area contributed by atoms with Gasteiger partial charge in [-0.1, -0.05) is 17.7 Å². The number of carboxylic acid groups (broad SMARTS) is 1. The van der Waals surface area contributed by atoms with E-state index in [4.69, 9.17) is 14.9 Å². The van der Waals surface area contributed by atoms with E-state index < -0.39 is 17.9 Å². The second kappa shape index (κ2) is 8.26. The topological polar surface area (TPSA) is 95.9 Å². The monoisotopic (exact) mass is 295 g/mol. The number of aliphatic hydroxyl groups is 1. The van der Waals surface area contributed by atoms with Crippen molar-refractivity contribution in [2.45, 2.75) is 32.7 Å². The molecule has 1 rings (SSSR count).